The van der Waals surface area contributed by atoms with Crippen molar-refractivity contribution < 1.29 is 26.7 Å². The Labute approximate surface area is 224 Å². The molecule has 38 heavy (non-hydrogen) atoms. The van der Waals surface area contributed by atoms with E-state index in [9.17, 15) is 14.9 Å². The molecule has 0 bridgehead atoms. The molecule has 0 spiro atoms. The molecule has 0 fully saturated rings. The van der Waals surface area contributed by atoms with Crippen LogP contribution in [0.1, 0.15) is 10.4 Å². The van der Waals surface area contributed by atoms with Gasteiger partial charge in [0.25, 0.3) is 11.6 Å². The highest BCUT2D eigenvalue weighted by Crippen LogP contribution is 2.28. The fraction of sp³-hybridized carbons (Fsp3) is 0.0357. The van der Waals surface area contributed by atoms with E-state index < -0.39 is 4.92 Å². The zero-order chi connectivity index (χ0) is 25.8. The van der Waals surface area contributed by atoms with Gasteiger partial charge in [0.1, 0.15) is 7.05 Å². The summed E-state index contributed by atoms with van der Waals surface area (Å²) in [5.41, 5.74) is 5.13. The molecule has 5 aromatic rings. The van der Waals surface area contributed by atoms with Gasteiger partial charge in [-0.25, -0.2) is 4.57 Å². The van der Waals surface area contributed by atoms with Gasteiger partial charge in [0, 0.05) is 64.2 Å². The van der Waals surface area contributed by atoms with Crippen LogP contribution in [0.3, 0.4) is 0 Å². The zero-order valence-electron chi connectivity index (χ0n) is 20.3. The molecule has 3 N–H and O–H groups in total. The molecule has 2 heterocycles. The minimum absolute atomic E-state index is 0. The van der Waals surface area contributed by atoms with Gasteiger partial charge in [0.05, 0.1) is 16.1 Å². The minimum Gasteiger partial charge on any atom is -1.00 e. The minimum atomic E-state index is -0.434. The number of non-ortho nitro benzene ring substituents is 1. The van der Waals surface area contributed by atoms with E-state index in [1.165, 1.54) is 12.1 Å². The monoisotopic (exact) mass is 526 g/mol. The largest absolute Gasteiger partial charge is 1.00 e. The number of carbonyl (C=O) groups excluding carboxylic acids is 1. The van der Waals surface area contributed by atoms with Gasteiger partial charge in [-0.05, 0) is 60.7 Å². The zero-order valence-corrected chi connectivity index (χ0v) is 21.0. The highest BCUT2D eigenvalue weighted by Gasteiger charge is 2.11. The Bertz CT molecular complexity index is 1590. The van der Waals surface area contributed by atoms with Crippen molar-refractivity contribution in [3.05, 3.63) is 119 Å². The van der Waals surface area contributed by atoms with Crippen LogP contribution in [-0.4, -0.2) is 15.8 Å². The SMILES string of the molecule is C[n+]1ccc(Nc2ccc(NC(=O)c3ccc(Nc4ccnc5ccc([N+](=O)[O-])cc45)cc3)cc2)cc1.[Cl-]. The van der Waals surface area contributed by atoms with E-state index in [1.54, 1.807) is 42.6 Å². The van der Waals surface area contributed by atoms with Gasteiger partial charge in [-0.15, -0.1) is 0 Å². The first-order chi connectivity index (χ1) is 17.9. The number of nitrogens with zero attached hydrogens (tertiary/aromatic N) is 3. The summed E-state index contributed by atoms with van der Waals surface area (Å²) < 4.78 is 1.96. The van der Waals surface area contributed by atoms with Crippen molar-refractivity contribution in [2.75, 3.05) is 16.0 Å². The van der Waals surface area contributed by atoms with E-state index in [0.717, 1.165) is 17.1 Å². The number of hydrogen-bond acceptors (Lipinski definition) is 6. The standard InChI is InChI=1S/C28H22N6O3.ClH/c1-33-16-13-23(14-17-33)30-20-6-8-22(9-7-20)32-28(35)19-2-4-21(5-3-19)31-27-12-15-29-26-11-10-24(34(36)37)18-25(26)27;/h2-18H,1H3,(H2,29,31,32,35);1H. The molecule has 0 radical (unpaired) electrons. The molecule has 10 heteroatoms. The molecule has 3 aromatic carbocycles. The molecule has 1 amide bonds. The van der Waals surface area contributed by atoms with E-state index >= 15 is 0 Å². The third-order valence-corrected chi connectivity index (χ3v) is 5.77. The Hall–Kier alpha value is -5.02. The van der Waals surface area contributed by atoms with Crippen LogP contribution in [0.25, 0.3) is 10.9 Å². The number of fused-ring (bicyclic) bond motifs is 1. The number of hydrogen-bond donors (Lipinski definition) is 3. The van der Waals surface area contributed by atoms with Crippen molar-refractivity contribution in [3.8, 4) is 0 Å². The van der Waals surface area contributed by atoms with Gasteiger partial charge >= 0.3 is 0 Å². The summed E-state index contributed by atoms with van der Waals surface area (Å²) in [5, 5.41) is 21.3. The summed E-state index contributed by atoms with van der Waals surface area (Å²) in [6, 6.07) is 24.7. The number of aryl methyl sites for hydroxylation is 1. The number of nitro groups is 1. The predicted octanol–water partition coefficient (Wildman–Crippen LogP) is 2.71. The Morgan fingerprint density at radius 1 is 0.816 bits per heavy atom. The molecule has 9 nitrogen and oxygen atoms in total. The predicted molar refractivity (Wildman–Crippen MR) is 143 cm³/mol. The molecule has 0 saturated heterocycles. The number of rotatable bonds is 7. The molecule has 0 aliphatic heterocycles. The van der Waals surface area contributed by atoms with Crippen LogP contribution < -0.4 is 32.9 Å². The number of benzene rings is 3. The first kappa shape index (κ1) is 26.1. The number of pyridine rings is 2. The Kier molecular flexibility index (Phi) is 7.79. The van der Waals surface area contributed by atoms with Crippen molar-refractivity contribution in [2.45, 2.75) is 0 Å². The Morgan fingerprint density at radius 3 is 2.11 bits per heavy atom. The van der Waals surface area contributed by atoms with Crippen LogP contribution >= 0.6 is 0 Å². The number of nitrogens with one attached hydrogen (secondary N) is 3. The van der Waals surface area contributed by atoms with E-state index in [-0.39, 0.29) is 24.0 Å². The number of nitro benzene ring substituents is 1. The van der Waals surface area contributed by atoms with Crippen LogP contribution in [0.5, 0.6) is 0 Å². The lowest BCUT2D eigenvalue weighted by Gasteiger charge is -2.11. The van der Waals surface area contributed by atoms with Crippen molar-refractivity contribution >= 4 is 50.9 Å². The van der Waals surface area contributed by atoms with Crippen LogP contribution in [0.4, 0.5) is 34.1 Å². The third kappa shape index (κ3) is 6.03. The molecule has 190 valence electrons. The maximum absolute atomic E-state index is 12.7. The summed E-state index contributed by atoms with van der Waals surface area (Å²) in [5.74, 6) is -0.229. The summed E-state index contributed by atoms with van der Waals surface area (Å²) in [7, 11) is 1.96. The molecule has 0 atom stereocenters. The van der Waals surface area contributed by atoms with E-state index in [0.29, 0.717) is 27.8 Å². The second-order valence-corrected chi connectivity index (χ2v) is 8.43. The average molecular weight is 527 g/mol. The second kappa shape index (κ2) is 11.4. The van der Waals surface area contributed by atoms with Gasteiger partial charge in [0.15, 0.2) is 12.4 Å². The third-order valence-electron chi connectivity index (χ3n) is 5.77. The van der Waals surface area contributed by atoms with Crippen molar-refractivity contribution in [3.63, 3.8) is 0 Å². The fourth-order valence-corrected chi connectivity index (χ4v) is 3.81. The van der Waals surface area contributed by atoms with Crippen molar-refractivity contribution in [2.24, 2.45) is 7.05 Å². The van der Waals surface area contributed by atoms with Gasteiger partial charge < -0.3 is 28.4 Å². The molecule has 0 aliphatic carbocycles. The van der Waals surface area contributed by atoms with Crippen molar-refractivity contribution in [1.82, 2.24) is 4.98 Å². The van der Waals surface area contributed by atoms with Gasteiger partial charge in [0.2, 0.25) is 0 Å². The number of carbonyl (C=O) groups is 1. The Balaban J connectivity index is 0.00000336. The van der Waals surface area contributed by atoms with Crippen molar-refractivity contribution in [1.29, 1.82) is 0 Å². The van der Waals surface area contributed by atoms with Crippen LogP contribution in [0.2, 0.25) is 0 Å². The quantitative estimate of drug-likeness (QED) is 0.171. The first-order valence-electron chi connectivity index (χ1n) is 11.5. The van der Waals surface area contributed by atoms with Crippen LogP contribution in [0, 0.1) is 10.1 Å². The maximum atomic E-state index is 12.7. The second-order valence-electron chi connectivity index (χ2n) is 8.43. The number of aromatic nitrogens is 2. The van der Waals surface area contributed by atoms with E-state index in [4.69, 9.17) is 0 Å². The molecule has 5 rings (SSSR count). The molecule has 0 unspecified atom stereocenters. The lowest BCUT2D eigenvalue weighted by molar-refractivity contribution is -0.671. The lowest BCUT2D eigenvalue weighted by Crippen LogP contribution is -3.00. The van der Waals surface area contributed by atoms with Gasteiger partial charge in [-0.1, -0.05) is 0 Å². The average Bonchev–Trinajstić information content (AvgIpc) is 2.91. The van der Waals surface area contributed by atoms with Crippen LogP contribution in [-0.2, 0) is 7.05 Å². The van der Waals surface area contributed by atoms with E-state index in [1.807, 2.05) is 60.4 Å². The summed E-state index contributed by atoms with van der Waals surface area (Å²) >= 11 is 0. The highest BCUT2D eigenvalue weighted by atomic mass is 35.5. The highest BCUT2D eigenvalue weighted by molar-refractivity contribution is 6.04. The fourth-order valence-electron chi connectivity index (χ4n) is 3.81. The Morgan fingerprint density at radius 2 is 1.42 bits per heavy atom. The van der Waals surface area contributed by atoms with Crippen LogP contribution in [0.15, 0.2) is 104 Å². The lowest BCUT2D eigenvalue weighted by atomic mass is 10.1. The number of halogens is 1. The molecular weight excluding hydrogens is 504 g/mol. The molecule has 2 aromatic heterocycles. The molecule has 0 aliphatic rings. The summed E-state index contributed by atoms with van der Waals surface area (Å²) in [4.78, 5) is 27.8. The first-order valence-corrected chi connectivity index (χ1v) is 11.5. The van der Waals surface area contributed by atoms with Gasteiger partial charge in [-0.2, -0.15) is 0 Å². The maximum Gasteiger partial charge on any atom is 0.270 e. The molecular formula is C28H23ClN6O3. The summed E-state index contributed by atoms with van der Waals surface area (Å²) in [6.45, 7) is 0. The summed E-state index contributed by atoms with van der Waals surface area (Å²) in [6.07, 6.45) is 5.56. The molecule has 0 saturated carbocycles. The smallest absolute Gasteiger partial charge is 0.270 e. The van der Waals surface area contributed by atoms with Gasteiger partial charge in [-0.3, -0.25) is 19.9 Å². The topological polar surface area (TPSA) is 113 Å². The number of amides is 1. The van der Waals surface area contributed by atoms with E-state index in [2.05, 4.69) is 20.9 Å². The number of anilines is 5. The normalized spacial score (nSPS) is 10.3.